The van der Waals surface area contributed by atoms with Crippen LogP contribution in [0.15, 0.2) is 66.9 Å². The number of hydrogen-bond donors (Lipinski definition) is 2. The number of hydrogen-bond acceptors (Lipinski definition) is 3. The predicted octanol–water partition coefficient (Wildman–Crippen LogP) is 3.49. The molecule has 1 aliphatic heterocycles. The highest BCUT2D eigenvalue weighted by molar-refractivity contribution is 5.95. The highest BCUT2D eigenvalue weighted by Gasteiger charge is 2.29. The summed E-state index contributed by atoms with van der Waals surface area (Å²) in [6.45, 7) is 3.11. The Morgan fingerprint density at radius 1 is 0.964 bits per heavy atom. The largest absolute Gasteiger partial charge is 0.347 e. The van der Waals surface area contributed by atoms with Gasteiger partial charge in [-0.05, 0) is 36.2 Å². The van der Waals surface area contributed by atoms with E-state index in [0.29, 0.717) is 24.2 Å². The average Bonchev–Trinajstić information content (AvgIpc) is 3.19. The van der Waals surface area contributed by atoms with E-state index in [9.17, 15) is 9.59 Å². The van der Waals surface area contributed by atoms with Gasteiger partial charge in [-0.25, -0.2) is 5.48 Å². The van der Waals surface area contributed by atoms with Crippen LogP contribution in [0.2, 0.25) is 0 Å². The number of amides is 2. The fourth-order valence-electron chi connectivity index (χ4n) is 3.71. The lowest BCUT2D eigenvalue weighted by Gasteiger charge is -2.35. The number of benzene rings is 2. The van der Waals surface area contributed by atoms with E-state index in [-0.39, 0.29) is 11.9 Å². The van der Waals surface area contributed by atoms with Crippen molar-refractivity contribution in [1.82, 2.24) is 14.9 Å². The van der Waals surface area contributed by atoms with Gasteiger partial charge in [-0.3, -0.25) is 14.8 Å². The second kappa shape index (κ2) is 7.32. The van der Waals surface area contributed by atoms with Crippen LogP contribution in [0.3, 0.4) is 0 Å². The van der Waals surface area contributed by atoms with Crippen LogP contribution in [0.4, 0.5) is 0 Å². The summed E-state index contributed by atoms with van der Waals surface area (Å²) in [6.07, 6.45) is 1.70. The van der Waals surface area contributed by atoms with Gasteiger partial charge in [0.1, 0.15) is 0 Å². The molecule has 6 heteroatoms. The monoisotopic (exact) mass is 375 g/mol. The predicted molar refractivity (Wildman–Crippen MR) is 105 cm³/mol. The van der Waals surface area contributed by atoms with Crippen LogP contribution in [0.1, 0.15) is 39.4 Å². The summed E-state index contributed by atoms with van der Waals surface area (Å²) in [4.78, 5) is 26.5. The fourth-order valence-corrected chi connectivity index (χ4v) is 3.71. The van der Waals surface area contributed by atoms with Gasteiger partial charge >= 0.3 is 0 Å². The quantitative estimate of drug-likeness (QED) is 0.544. The summed E-state index contributed by atoms with van der Waals surface area (Å²) in [5, 5.41) is 8.84. The minimum Gasteiger partial charge on any atom is -0.347 e. The lowest BCUT2D eigenvalue weighted by Crippen LogP contribution is -2.40. The molecule has 0 spiro atoms. The number of aromatic nitrogens is 1. The van der Waals surface area contributed by atoms with Gasteiger partial charge in [0.25, 0.3) is 11.8 Å². The van der Waals surface area contributed by atoms with Gasteiger partial charge in [0.2, 0.25) is 0 Å². The minimum atomic E-state index is -0.552. The number of hydroxylamine groups is 1. The van der Waals surface area contributed by atoms with E-state index >= 15 is 0 Å². The Morgan fingerprint density at radius 3 is 2.32 bits per heavy atom. The Bertz CT molecular complexity index is 1010. The van der Waals surface area contributed by atoms with Gasteiger partial charge in [0, 0.05) is 30.5 Å². The lowest BCUT2D eigenvalue weighted by atomic mass is 10.0. The Labute approximate surface area is 163 Å². The molecule has 2 amide bonds. The zero-order valence-electron chi connectivity index (χ0n) is 15.5. The maximum atomic E-state index is 13.1. The molecule has 4 rings (SSSR count). The zero-order valence-corrected chi connectivity index (χ0v) is 15.5. The summed E-state index contributed by atoms with van der Waals surface area (Å²) < 4.78 is 1.96. The van der Waals surface area contributed by atoms with Crippen molar-refractivity contribution in [3.05, 3.63) is 83.7 Å². The van der Waals surface area contributed by atoms with Crippen LogP contribution in [0.5, 0.6) is 0 Å². The first-order valence-electron chi connectivity index (χ1n) is 9.19. The van der Waals surface area contributed by atoms with Crippen molar-refractivity contribution in [3.63, 3.8) is 0 Å². The first-order valence-corrected chi connectivity index (χ1v) is 9.19. The smallest absolute Gasteiger partial charge is 0.276 e. The SMILES string of the molecule is CC1c2cc(C(=O)NO)cn2CCN1C(=O)c1ccc(-c2ccccc2)cc1. The van der Waals surface area contributed by atoms with Gasteiger partial charge in [0.15, 0.2) is 0 Å². The number of nitrogens with zero attached hydrogens (tertiary/aromatic N) is 2. The molecule has 0 saturated carbocycles. The van der Waals surface area contributed by atoms with E-state index < -0.39 is 5.91 Å². The fraction of sp³-hybridized carbons (Fsp3) is 0.182. The van der Waals surface area contributed by atoms with Crippen molar-refractivity contribution in [2.24, 2.45) is 0 Å². The molecular weight excluding hydrogens is 354 g/mol. The first kappa shape index (κ1) is 18.0. The second-order valence-electron chi connectivity index (χ2n) is 6.91. The number of nitrogens with one attached hydrogen (secondary N) is 1. The van der Waals surface area contributed by atoms with E-state index in [1.807, 2.05) is 71.0 Å². The Kier molecular flexibility index (Phi) is 4.71. The summed E-state index contributed by atoms with van der Waals surface area (Å²) >= 11 is 0. The molecule has 3 aromatic rings. The van der Waals surface area contributed by atoms with Crippen LogP contribution in [0.25, 0.3) is 11.1 Å². The maximum absolute atomic E-state index is 13.1. The van der Waals surface area contributed by atoms with Crippen LogP contribution in [-0.2, 0) is 6.54 Å². The van der Waals surface area contributed by atoms with Crippen LogP contribution >= 0.6 is 0 Å². The van der Waals surface area contributed by atoms with E-state index in [1.165, 1.54) is 0 Å². The first-order chi connectivity index (χ1) is 13.6. The second-order valence-corrected chi connectivity index (χ2v) is 6.91. The summed E-state index contributed by atoms with van der Waals surface area (Å²) in [7, 11) is 0. The third kappa shape index (κ3) is 3.18. The molecular formula is C22H21N3O3. The highest BCUT2D eigenvalue weighted by Crippen LogP contribution is 2.29. The highest BCUT2D eigenvalue weighted by atomic mass is 16.5. The Morgan fingerprint density at radius 2 is 1.64 bits per heavy atom. The third-order valence-electron chi connectivity index (χ3n) is 5.27. The van der Waals surface area contributed by atoms with Gasteiger partial charge in [-0.2, -0.15) is 0 Å². The van der Waals surface area contributed by atoms with Crippen molar-refractivity contribution in [2.75, 3.05) is 6.54 Å². The molecule has 142 valence electrons. The number of carbonyl (C=O) groups is 2. The van der Waals surface area contributed by atoms with E-state index in [4.69, 9.17) is 5.21 Å². The van der Waals surface area contributed by atoms with E-state index in [1.54, 1.807) is 17.7 Å². The lowest BCUT2D eigenvalue weighted by molar-refractivity contribution is 0.0643. The van der Waals surface area contributed by atoms with Gasteiger partial charge < -0.3 is 9.47 Å². The van der Waals surface area contributed by atoms with Gasteiger partial charge in [0.05, 0.1) is 11.6 Å². The van der Waals surface area contributed by atoms with Crippen LogP contribution in [-0.4, -0.2) is 33.0 Å². The molecule has 2 heterocycles. The van der Waals surface area contributed by atoms with Crippen LogP contribution in [0, 0.1) is 0 Å². The van der Waals surface area contributed by atoms with Crippen LogP contribution < -0.4 is 5.48 Å². The number of rotatable bonds is 3. The molecule has 2 aromatic carbocycles. The molecule has 1 aliphatic rings. The standard InChI is InChI=1S/C22H21N3O3/c1-15-20-13-19(21(26)23-28)14-24(20)11-12-25(15)22(27)18-9-7-17(8-10-18)16-5-3-2-4-6-16/h2-10,13-15,28H,11-12H2,1H3,(H,23,26). The molecule has 2 N–H and O–H groups in total. The molecule has 1 unspecified atom stereocenters. The average molecular weight is 375 g/mol. The molecule has 0 bridgehead atoms. The normalized spacial score (nSPS) is 15.8. The minimum absolute atomic E-state index is 0.0345. The maximum Gasteiger partial charge on any atom is 0.276 e. The Balaban J connectivity index is 1.55. The molecule has 28 heavy (non-hydrogen) atoms. The molecule has 6 nitrogen and oxygen atoms in total. The number of carbonyl (C=O) groups excluding carboxylic acids is 2. The third-order valence-corrected chi connectivity index (χ3v) is 5.27. The molecule has 0 saturated heterocycles. The molecule has 1 aromatic heterocycles. The van der Waals surface area contributed by atoms with Crippen molar-refractivity contribution in [3.8, 4) is 11.1 Å². The van der Waals surface area contributed by atoms with Gasteiger partial charge in [-0.1, -0.05) is 42.5 Å². The van der Waals surface area contributed by atoms with Crippen molar-refractivity contribution < 1.29 is 14.8 Å². The Hall–Kier alpha value is -3.38. The topological polar surface area (TPSA) is 74.6 Å². The zero-order chi connectivity index (χ0) is 19.7. The van der Waals surface area contributed by atoms with E-state index in [2.05, 4.69) is 0 Å². The molecule has 1 atom stereocenters. The molecule has 0 aliphatic carbocycles. The number of fused-ring (bicyclic) bond motifs is 1. The summed E-state index contributed by atoms with van der Waals surface area (Å²) in [5.41, 5.74) is 5.72. The van der Waals surface area contributed by atoms with Crippen molar-refractivity contribution >= 4 is 11.8 Å². The van der Waals surface area contributed by atoms with Crippen molar-refractivity contribution in [1.29, 1.82) is 0 Å². The summed E-state index contributed by atoms with van der Waals surface area (Å²) in [6, 6.07) is 19.2. The summed E-state index contributed by atoms with van der Waals surface area (Å²) in [5.74, 6) is -0.587. The van der Waals surface area contributed by atoms with Gasteiger partial charge in [-0.15, -0.1) is 0 Å². The van der Waals surface area contributed by atoms with Crippen molar-refractivity contribution in [2.45, 2.75) is 19.5 Å². The molecule has 0 radical (unpaired) electrons. The van der Waals surface area contributed by atoms with E-state index in [0.717, 1.165) is 16.8 Å². The molecule has 0 fully saturated rings.